The van der Waals surface area contributed by atoms with Crippen LogP contribution in [0.1, 0.15) is 36.3 Å². The summed E-state index contributed by atoms with van der Waals surface area (Å²) in [5.41, 5.74) is 3.37. The maximum atomic E-state index is 13.7. The molecule has 190 valence electrons. The summed E-state index contributed by atoms with van der Waals surface area (Å²) in [5.74, 6) is 1.11. The van der Waals surface area contributed by atoms with Gasteiger partial charge in [-0.15, -0.1) is 0 Å². The Kier molecular flexibility index (Phi) is 6.45. The molecule has 6 nitrogen and oxygen atoms in total. The van der Waals surface area contributed by atoms with Crippen LogP contribution < -0.4 is 4.74 Å². The number of carbonyl (C=O) groups excluding carboxylic acids is 1. The summed E-state index contributed by atoms with van der Waals surface area (Å²) in [5, 5.41) is 1.17. The van der Waals surface area contributed by atoms with Crippen molar-refractivity contribution in [2.75, 3.05) is 26.3 Å². The monoisotopic (exact) mass is 496 g/mol. The smallest absolute Gasteiger partial charge is 0.223 e. The predicted octanol–water partition coefficient (Wildman–Crippen LogP) is 5.86. The van der Waals surface area contributed by atoms with Gasteiger partial charge in [0.2, 0.25) is 5.91 Å². The Balaban J connectivity index is 1.30. The van der Waals surface area contributed by atoms with Crippen molar-refractivity contribution >= 4 is 16.8 Å². The molecule has 3 aromatic carbocycles. The number of rotatable bonds is 6. The number of nitrogens with zero attached hydrogens (tertiary/aromatic N) is 2. The molecular weight excluding hydrogens is 464 g/mol. The average molecular weight is 497 g/mol. The molecule has 37 heavy (non-hydrogen) atoms. The zero-order valence-corrected chi connectivity index (χ0v) is 21.1. The quantitative estimate of drug-likeness (QED) is 0.336. The van der Waals surface area contributed by atoms with Crippen LogP contribution in [0, 0.1) is 0 Å². The molecule has 4 aromatic rings. The zero-order valence-electron chi connectivity index (χ0n) is 21.1. The minimum absolute atomic E-state index is 0.104. The lowest BCUT2D eigenvalue weighted by molar-refractivity contribution is -0.187. The van der Waals surface area contributed by atoms with Gasteiger partial charge in [-0.1, -0.05) is 48.5 Å². The second-order valence-electron chi connectivity index (χ2n) is 9.95. The van der Waals surface area contributed by atoms with Gasteiger partial charge in [-0.25, -0.2) is 0 Å². The number of amides is 1. The number of aryl methyl sites for hydroxylation is 1. The summed E-state index contributed by atoms with van der Waals surface area (Å²) in [6, 6.07) is 26.3. The first-order valence-electron chi connectivity index (χ1n) is 13.0. The summed E-state index contributed by atoms with van der Waals surface area (Å²) in [7, 11) is 2.06. The van der Waals surface area contributed by atoms with Crippen LogP contribution in [0.25, 0.3) is 10.9 Å². The van der Waals surface area contributed by atoms with Crippen LogP contribution in [-0.4, -0.2) is 47.5 Å². The van der Waals surface area contributed by atoms with Crippen LogP contribution in [-0.2, 0) is 21.3 Å². The van der Waals surface area contributed by atoms with Gasteiger partial charge in [0.05, 0.1) is 13.2 Å². The van der Waals surface area contributed by atoms with Crippen molar-refractivity contribution in [3.8, 4) is 11.5 Å². The molecule has 1 spiro atoms. The molecule has 0 aliphatic carbocycles. The lowest BCUT2D eigenvalue weighted by Crippen LogP contribution is -2.47. The molecule has 2 fully saturated rings. The van der Waals surface area contributed by atoms with Crippen molar-refractivity contribution in [3.63, 3.8) is 0 Å². The summed E-state index contributed by atoms with van der Waals surface area (Å²) in [6.45, 7) is 2.58. The molecule has 0 saturated carbocycles. The molecule has 1 aromatic heterocycles. The van der Waals surface area contributed by atoms with Crippen LogP contribution >= 0.6 is 0 Å². The van der Waals surface area contributed by atoms with Crippen molar-refractivity contribution in [2.45, 2.75) is 31.0 Å². The normalized spacial score (nSPS) is 17.8. The van der Waals surface area contributed by atoms with E-state index >= 15 is 0 Å². The van der Waals surface area contributed by atoms with Gasteiger partial charge in [-0.3, -0.25) is 4.79 Å². The number of aromatic nitrogens is 1. The minimum Gasteiger partial charge on any atom is -0.457 e. The van der Waals surface area contributed by atoms with Gasteiger partial charge in [0.25, 0.3) is 0 Å². The first-order valence-corrected chi connectivity index (χ1v) is 13.0. The minimum atomic E-state index is -0.491. The fraction of sp³-hybridized carbons (Fsp3) is 0.323. The molecule has 3 heterocycles. The van der Waals surface area contributed by atoms with E-state index < -0.39 is 5.79 Å². The second-order valence-corrected chi connectivity index (χ2v) is 9.95. The van der Waals surface area contributed by atoms with Crippen LogP contribution in [0.4, 0.5) is 0 Å². The van der Waals surface area contributed by atoms with Gasteiger partial charge in [0, 0.05) is 62.4 Å². The van der Waals surface area contributed by atoms with E-state index in [1.807, 2.05) is 47.4 Å². The van der Waals surface area contributed by atoms with Crippen molar-refractivity contribution in [1.29, 1.82) is 0 Å². The summed E-state index contributed by atoms with van der Waals surface area (Å²) < 4.78 is 20.0. The Bertz CT molecular complexity index is 1380. The highest BCUT2D eigenvalue weighted by Crippen LogP contribution is 2.38. The summed E-state index contributed by atoms with van der Waals surface area (Å²) in [6.07, 6.45) is 3.99. The lowest BCUT2D eigenvalue weighted by Gasteiger charge is -2.38. The lowest BCUT2D eigenvalue weighted by atomic mass is 9.87. The maximum absolute atomic E-state index is 13.7. The molecule has 1 amide bonds. The fourth-order valence-corrected chi connectivity index (χ4v) is 5.66. The van der Waals surface area contributed by atoms with Gasteiger partial charge >= 0.3 is 0 Å². The van der Waals surface area contributed by atoms with E-state index in [2.05, 4.69) is 54.2 Å². The molecule has 1 atom stereocenters. The molecule has 6 heteroatoms. The van der Waals surface area contributed by atoms with Gasteiger partial charge in [0.1, 0.15) is 11.5 Å². The number of piperidine rings is 1. The van der Waals surface area contributed by atoms with Crippen molar-refractivity contribution in [3.05, 3.63) is 96.2 Å². The Morgan fingerprint density at radius 1 is 0.919 bits per heavy atom. The van der Waals surface area contributed by atoms with Crippen molar-refractivity contribution in [2.24, 2.45) is 7.05 Å². The van der Waals surface area contributed by atoms with Crippen molar-refractivity contribution < 1.29 is 19.0 Å². The molecule has 1 unspecified atom stereocenters. The molecule has 2 aliphatic heterocycles. The summed E-state index contributed by atoms with van der Waals surface area (Å²) >= 11 is 0. The topological polar surface area (TPSA) is 52.9 Å². The third-order valence-electron chi connectivity index (χ3n) is 7.61. The van der Waals surface area contributed by atoms with E-state index in [0.29, 0.717) is 32.7 Å². The number of fused-ring (bicyclic) bond motifs is 1. The van der Waals surface area contributed by atoms with E-state index in [-0.39, 0.29) is 11.8 Å². The largest absolute Gasteiger partial charge is 0.457 e. The number of para-hydroxylation sites is 2. The molecular formula is C31H32N2O4. The number of carbonyl (C=O) groups is 1. The number of ether oxygens (including phenoxy) is 3. The van der Waals surface area contributed by atoms with E-state index in [1.165, 1.54) is 5.39 Å². The number of hydrogen-bond donors (Lipinski definition) is 0. The van der Waals surface area contributed by atoms with Gasteiger partial charge < -0.3 is 23.7 Å². The van der Waals surface area contributed by atoms with E-state index in [0.717, 1.165) is 41.0 Å². The highest BCUT2D eigenvalue weighted by Gasteiger charge is 2.41. The molecule has 0 radical (unpaired) electrons. The highest BCUT2D eigenvalue weighted by atomic mass is 16.7. The first-order chi connectivity index (χ1) is 18.1. The Morgan fingerprint density at radius 2 is 1.62 bits per heavy atom. The van der Waals surface area contributed by atoms with Gasteiger partial charge in [0.15, 0.2) is 5.79 Å². The zero-order chi connectivity index (χ0) is 25.2. The number of benzene rings is 3. The van der Waals surface area contributed by atoms with E-state index in [9.17, 15) is 4.79 Å². The fourth-order valence-electron chi connectivity index (χ4n) is 5.66. The standard InChI is InChI=1S/C31H32N2O4/c1-32-22-28(26-12-5-6-13-29(26)32)27(21-30(34)33-16-14-31(15-17-33)35-18-19-36-31)23-8-7-11-25(20-23)37-24-9-3-2-4-10-24/h2-13,20,22,27H,14-19,21H2,1H3. The van der Waals surface area contributed by atoms with E-state index in [4.69, 9.17) is 14.2 Å². The Morgan fingerprint density at radius 3 is 2.41 bits per heavy atom. The highest BCUT2D eigenvalue weighted by molar-refractivity contribution is 5.86. The molecule has 6 rings (SSSR count). The van der Waals surface area contributed by atoms with Crippen molar-refractivity contribution in [1.82, 2.24) is 9.47 Å². The second kappa shape index (κ2) is 10.0. The third kappa shape index (κ3) is 4.87. The predicted molar refractivity (Wildman–Crippen MR) is 143 cm³/mol. The maximum Gasteiger partial charge on any atom is 0.223 e. The number of likely N-dealkylation sites (tertiary alicyclic amines) is 1. The van der Waals surface area contributed by atoms with Crippen LogP contribution in [0.2, 0.25) is 0 Å². The number of hydrogen-bond acceptors (Lipinski definition) is 4. The Hall–Kier alpha value is -3.61. The van der Waals surface area contributed by atoms with Crippen LogP contribution in [0.5, 0.6) is 11.5 Å². The van der Waals surface area contributed by atoms with Gasteiger partial charge in [-0.05, 0) is 41.5 Å². The third-order valence-corrected chi connectivity index (χ3v) is 7.61. The molecule has 0 bridgehead atoms. The summed E-state index contributed by atoms with van der Waals surface area (Å²) in [4.78, 5) is 15.7. The SMILES string of the molecule is Cn1cc(C(CC(=O)N2CCC3(CC2)OCCO3)c2cccc(Oc3ccccc3)c2)c2ccccc21. The molecule has 2 saturated heterocycles. The average Bonchev–Trinajstić information content (AvgIpc) is 3.52. The van der Waals surface area contributed by atoms with Crippen LogP contribution in [0.3, 0.4) is 0 Å². The van der Waals surface area contributed by atoms with Crippen LogP contribution in [0.15, 0.2) is 85.1 Å². The molecule has 2 aliphatic rings. The molecule has 0 N–H and O–H groups in total. The Labute approximate surface area is 217 Å². The van der Waals surface area contributed by atoms with E-state index in [1.54, 1.807) is 0 Å². The first kappa shape index (κ1) is 23.8. The van der Waals surface area contributed by atoms with Gasteiger partial charge in [-0.2, -0.15) is 0 Å².